The highest BCUT2D eigenvalue weighted by Gasteiger charge is 2.30. The van der Waals surface area contributed by atoms with Crippen LogP contribution >= 0.6 is 11.6 Å². The number of non-ortho nitro benzene ring substituents is 1. The van der Waals surface area contributed by atoms with E-state index in [1.54, 1.807) is 12.1 Å². The van der Waals surface area contributed by atoms with E-state index in [2.05, 4.69) is 4.40 Å². The minimum absolute atomic E-state index is 0.0200. The molecule has 0 aliphatic carbocycles. The number of sulfonamides is 1. The molecule has 22 heavy (non-hydrogen) atoms. The number of hydrogen-bond donors (Lipinski definition) is 0. The normalized spacial score (nSPS) is 15.0. The van der Waals surface area contributed by atoms with Gasteiger partial charge in [0.1, 0.15) is 4.90 Å². The number of ether oxygens (including phenoxy) is 1. The van der Waals surface area contributed by atoms with Crippen molar-refractivity contribution < 1.29 is 18.1 Å². The van der Waals surface area contributed by atoms with E-state index in [0.29, 0.717) is 0 Å². The first-order valence-corrected chi connectivity index (χ1v) is 7.76. The van der Waals surface area contributed by atoms with Crippen molar-refractivity contribution in [3.63, 3.8) is 0 Å². The van der Waals surface area contributed by atoms with E-state index in [4.69, 9.17) is 16.3 Å². The SMILES string of the molecule is O=[N+]([O-])c1ccc(Cl)c(OC2=NS(=O)(=O)c3ccccc32)c1. The Morgan fingerprint density at radius 3 is 2.64 bits per heavy atom. The topological polar surface area (TPSA) is 98.9 Å². The van der Waals surface area contributed by atoms with E-state index in [9.17, 15) is 18.5 Å². The maximum Gasteiger partial charge on any atom is 0.286 e. The van der Waals surface area contributed by atoms with Crippen molar-refractivity contribution in [3.05, 3.63) is 63.2 Å². The molecule has 0 bridgehead atoms. The van der Waals surface area contributed by atoms with Crippen molar-refractivity contribution in [2.45, 2.75) is 4.90 Å². The Morgan fingerprint density at radius 2 is 1.91 bits per heavy atom. The average molecular weight is 339 g/mol. The molecule has 9 heteroatoms. The van der Waals surface area contributed by atoms with Crippen LogP contribution in [0.5, 0.6) is 5.75 Å². The molecule has 0 aromatic heterocycles. The fourth-order valence-corrected chi connectivity index (χ4v) is 3.23. The molecule has 2 aromatic rings. The molecule has 0 amide bonds. The van der Waals surface area contributed by atoms with Gasteiger partial charge in [-0.15, -0.1) is 4.40 Å². The van der Waals surface area contributed by atoms with E-state index in [1.165, 1.54) is 24.3 Å². The summed E-state index contributed by atoms with van der Waals surface area (Å²) in [6, 6.07) is 9.76. The van der Waals surface area contributed by atoms with Gasteiger partial charge in [-0.25, -0.2) is 0 Å². The molecule has 0 radical (unpaired) electrons. The van der Waals surface area contributed by atoms with Crippen molar-refractivity contribution in [1.82, 2.24) is 0 Å². The van der Waals surface area contributed by atoms with Crippen LogP contribution in [-0.2, 0) is 10.0 Å². The van der Waals surface area contributed by atoms with Gasteiger partial charge in [-0.05, 0) is 18.2 Å². The summed E-state index contributed by atoms with van der Waals surface area (Å²) in [6.07, 6.45) is 0. The van der Waals surface area contributed by atoms with Crippen molar-refractivity contribution in [3.8, 4) is 5.75 Å². The Bertz CT molecular complexity index is 924. The highest BCUT2D eigenvalue weighted by molar-refractivity contribution is 7.90. The predicted octanol–water partition coefficient (Wildman–Crippen LogP) is 2.78. The number of nitro benzene ring substituents is 1. The summed E-state index contributed by atoms with van der Waals surface area (Å²) in [5.74, 6) is -0.209. The molecule has 0 saturated carbocycles. The van der Waals surface area contributed by atoms with Crippen LogP contribution in [0.25, 0.3) is 0 Å². The van der Waals surface area contributed by atoms with Crippen LogP contribution in [0.2, 0.25) is 5.02 Å². The molecule has 2 aromatic carbocycles. The lowest BCUT2D eigenvalue weighted by Gasteiger charge is -2.07. The van der Waals surface area contributed by atoms with Gasteiger partial charge in [0.05, 0.1) is 21.6 Å². The van der Waals surface area contributed by atoms with Crippen LogP contribution in [-0.4, -0.2) is 19.2 Å². The number of nitrogens with zero attached hydrogens (tertiary/aromatic N) is 2. The van der Waals surface area contributed by atoms with Gasteiger partial charge >= 0.3 is 0 Å². The minimum atomic E-state index is -3.83. The third kappa shape index (κ3) is 2.42. The lowest BCUT2D eigenvalue weighted by molar-refractivity contribution is -0.384. The third-order valence-electron chi connectivity index (χ3n) is 2.93. The average Bonchev–Trinajstić information content (AvgIpc) is 2.73. The number of fused-ring (bicyclic) bond motifs is 1. The molecule has 1 heterocycles. The largest absolute Gasteiger partial charge is 0.436 e. The highest BCUT2D eigenvalue weighted by atomic mass is 35.5. The number of benzene rings is 2. The van der Waals surface area contributed by atoms with Crippen LogP contribution < -0.4 is 4.74 Å². The van der Waals surface area contributed by atoms with Crippen molar-refractivity contribution in [2.75, 3.05) is 0 Å². The summed E-state index contributed by atoms with van der Waals surface area (Å²) in [5.41, 5.74) is 0.0548. The van der Waals surface area contributed by atoms with Crippen LogP contribution in [0, 0.1) is 10.1 Å². The van der Waals surface area contributed by atoms with E-state index < -0.39 is 14.9 Å². The van der Waals surface area contributed by atoms with Crippen LogP contribution in [0.4, 0.5) is 5.69 Å². The van der Waals surface area contributed by atoms with E-state index >= 15 is 0 Å². The number of rotatable bonds is 2. The Labute approximate surface area is 130 Å². The van der Waals surface area contributed by atoms with E-state index in [-0.39, 0.29) is 32.8 Å². The third-order valence-corrected chi connectivity index (χ3v) is 4.56. The predicted molar refractivity (Wildman–Crippen MR) is 78.9 cm³/mol. The summed E-state index contributed by atoms with van der Waals surface area (Å²) in [5, 5.41) is 10.9. The second-order valence-electron chi connectivity index (χ2n) is 4.34. The zero-order valence-electron chi connectivity index (χ0n) is 10.8. The summed E-state index contributed by atoms with van der Waals surface area (Å²) in [6.45, 7) is 0. The van der Waals surface area contributed by atoms with Crippen LogP contribution in [0.3, 0.4) is 0 Å². The fraction of sp³-hybridized carbons (Fsp3) is 0. The molecular weight excluding hydrogens is 332 g/mol. The molecule has 0 spiro atoms. The molecule has 0 saturated heterocycles. The summed E-state index contributed by atoms with van der Waals surface area (Å²) < 4.78 is 32.7. The maximum atomic E-state index is 11.9. The van der Waals surface area contributed by atoms with Crippen LogP contribution in [0.15, 0.2) is 51.8 Å². The molecule has 112 valence electrons. The van der Waals surface area contributed by atoms with Gasteiger partial charge in [-0.1, -0.05) is 23.7 Å². The lowest BCUT2D eigenvalue weighted by atomic mass is 10.2. The Kier molecular flexibility index (Phi) is 3.34. The summed E-state index contributed by atoms with van der Waals surface area (Å²) in [4.78, 5) is 10.2. The summed E-state index contributed by atoms with van der Waals surface area (Å²) in [7, 11) is -3.83. The monoisotopic (exact) mass is 338 g/mol. The number of nitro groups is 1. The van der Waals surface area contributed by atoms with Gasteiger partial charge in [-0.3, -0.25) is 10.1 Å². The van der Waals surface area contributed by atoms with Gasteiger partial charge < -0.3 is 4.74 Å². The summed E-state index contributed by atoms with van der Waals surface area (Å²) >= 11 is 5.93. The molecule has 1 aliphatic rings. The minimum Gasteiger partial charge on any atom is -0.436 e. The molecule has 0 unspecified atom stereocenters. The first kappa shape index (κ1) is 14.5. The molecule has 0 atom stereocenters. The van der Waals surface area contributed by atoms with Crippen molar-refractivity contribution in [1.29, 1.82) is 0 Å². The maximum absolute atomic E-state index is 11.9. The molecule has 0 N–H and O–H groups in total. The van der Waals surface area contributed by atoms with Gasteiger partial charge in [-0.2, -0.15) is 8.42 Å². The molecule has 1 aliphatic heterocycles. The molecule has 7 nitrogen and oxygen atoms in total. The smallest absolute Gasteiger partial charge is 0.286 e. The van der Waals surface area contributed by atoms with Crippen molar-refractivity contribution >= 4 is 33.2 Å². The highest BCUT2D eigenvalue weighted by Crippen LogP contribution is 2.32. The van der Waals surface area contributed by atoms with Crippen LogP contribution in [0.1, 0.15) is 5.56 Å². The van der Waals surface area contributed by atoms with E-state index in [0.717, 1.165) is 6.07 Å². The fourth-order valence-electron chi connectivity index (χ4n) is 1.94. The standard InChI is InChI=1S/C13H7ClN2O5S/c14-10-6-5-8(16(17)18)7-11(10)21-13-9-3-1-2-4-12(9)22(19,20)15-13/h1-7H. The Hall–Kier alpha value is -2.45. The van der Waals surface area contributed by atoms with Gasteiger partial charge in [0.2, 0.25) is 5.90 Å². The number of halogens is 1. The zero-order chi connectivity index (χ0) is 15.9. The van der Waals surface area contributed by atoms with Crippen molar-refractivity contribution in [2.24, 2.45) is 4.40 Å². The zero-order valence-corrected chi connectivity index (χ0v) is 12.3. The van der Waals surface area contributed by atoms with Gasteiger partial charge in [0, 0.05) is 6.07 Å². The number of hydrogen-bond acceptors (Lipinski definition) is 5. The first-order valence-electron chi connectivity index (χ1n) is 5.95. The molecule has 3 rings (SSSR count). The van der Waals surface area contributed by atoms with Gasteiger partial charge in [0.15, 0.2) is 5.75 Å². The second kappa shape index (κ2) is 5.08. The second-order valence-corrected chi connectivity index (χ2v) is 6.32. The van der Waals surface area contributed by atoms with E-state index in [1.807, 2.05) is 0 Å². The lowest BCUT2D eigenvalue weighted by Crippen LogP contribution is -2.08. The first-order chi connectivity index (χ1) is 10.4. The van der Waals surface area contributed by atoms with Gasteiger partial charge in [0.25, 0.3) is 15.7 Å². The Morgan fingerprint density at radius 1 is 1.18 bits per heavy atom. The quantitative estimate of drug-likeness (QED) is 0.619. The Balaban J connectivity index is 2.05. The molecule has 0 fully saturated rings. The molecular formula is C13H7ClN2O5S.